The molecule has 0 saturated heterocycles. The van der Waals surface area contributed by atoms with Crippen molar-refractivity contribution in [2.75, 3.05) is 13.2 Å². The number of hydrogen-bond acceptors (Lipinski definition) is 3. The maximum atomic E-state index is 10.2. The fraction of sp³-hybridized carbons (Fsp3) is 0.857. The molecule has 1 rings (SSSR count). The highest BCUT2D eigenvalue weighted by molar-refractivity contribution is 5.69. The molecule has 3 N–H and O–H groups in total. The van der Waals surface area contributed by atoms with Crippen molar-refractivity contribution in [3.8, 4) is 0 Å². The van der Waals surface area contributed by atoms with Gasteiger partial charge in [0.05, 0.1) is 13.2 Å². The zero-order valence-corrected chi connectivity index (χ0v) is 6.34. The molecule has 11 heavy (non-hydrogen) atoms. The lowest BCUT2D eigenvalue weighted by atomic mass is 9.77. The van der Waals surface area contributed by atoms with Gasteiger partial charge in [-0.1, -0.05) is 0 Å². The average molecular weight is 159 g/mol. The van der Waals surface area contributed by atoms with Crippen molar-refractivity contribution in [1.29, 1.82) is 0 Å². The summed E-state index contributed by atoms with van der Waals surface area (Å²) in [7, 11) is 0. The van der Waals surface area contributed by atoms with Crippen LogP contribution in [0.2, 0.25) is 0 Å². The normalized spacial score (nSPS) is 20.8. The van der Waals surface area contributed by atoms with Gasteiger partial charge in [-0.05, 0) is 19.3 Å². The van der Waals surface area contributed by atoms with E-state index in [1.54, 1.807) is 0 Å². The van der Waals surface area contributed by atoms with Crippen molar-refractivity contribution >= 4 is 5.97 Å². The number of aliphatic hydroxyl groups excluding tert-OH is 1. The first-order valence-corrected chi connectivity index (χ1v) is 3.76. The van der Waals surface area contributed by atoms with Crippen LogP contribution in [0.15, 0.2) is 0 Å². The lowest BCUT2D eigenvalue weighted by molar-refractivity contribution is -0.136. The number of aliphatic carboxylic acids is 1. The number of carboxylic acid groups (broad SMARTS) is 1. The lowest BCUT2D eigenvalue weighted by Gasteiger charge is -2.40. The Morgan fingerprint density at radius 1 is 1.55 bits per heavy atom. The molecule has 0 atom stereocenters. The van der Waals surface area contributed by atoms with Crippen LogP contribution in [-0.4, -0.2) is 34.9 Å². The fourth-order valence-corrected chi connectivity index (χ4v) is 1.26. The molecule has 1 fully saturated rings. The summed E-state index contributed by atoms with van der Waals surface area (Å²) < 4.78 is 0. The second-order valence-corrected chi connectivity index (χ2v) is 3.04. The molecule has 1 saturated carbocycles. The van der Waals surface area contributed by atoms with Crippen LogP contribution in [0.1, 0.15) is 19.3 Å². The number of carboxylic acids is 1. The number of rotatable bonds is 4. The summed E-state index contributed by atoms with van der Waals surface area (Å²) in [6, 6.07) is 0. The lowest BCUT2D eigenvalue weighted by Crippen LogP contribution is -2.55. The molecule has 1 aliphatic rings. The summed E-state index contributed by atoms with van der Waals surface area (Å²) in [6.45, 7) is -0.0131. The van der Waals surface area contributed by atoms with Crippen molar-refractivity contribution in [2.24, 2.45) is 0 Å². The van der Waals surface area contributed by atoms with Gasteiger partial charge in [-0.15, -0.1) is 0 Å². The standard InChI is InChI=1S/C7H13NO3/c9-5-7(2-1-3-7)8-4-6(10)11/h8-9H,1-5H2,(H,10,11). The molecule has 4 nitrogen and oxygen atoms in total. The molecule has 1 aliphatic carbocycles. The molecule has 64 valence electrons. The third kappa shape index (κ3) is 1.91. The maximum Gasteiger partial charge on any atom is 0.317 e. The zero-order chi connectivity index (χ0) is 8.32. The molecule has 0 aromatic rings. The van der Waals surface area contributed by atoms with Crippen LogP contribution in [0, 0.1) is 0 Å². The molecule has 0 spiro atoms. The fourth-order valence-electron chi connectivity index (χ4n) is 1.26. The second-order valence-electron chi connectivity index (χ2n) is 3.04. The van der Waals surface area contributed by atoms with E-state index in [0.29, 0.717) is 0 Å². The van der Waals surface area contributed by atoms with Crippen molar-refractivity contribution in [2.45, 2.75) is 24.8 Å². The third-order valence-electron chi connectivity index (χ3n) is 2.23. The average Bonchev–Trinajstić information content (AvgIpc) is 1.86. The Bertz CT molecular complexity index is 148. The minimum absolute atomic E-state index is 0.0419. The Balaban J connectivity index is 2.27. The Kier molecular flexibility index (Phi) is 2.46. The van der Waals surface area contributed by atoms with Gasteiger partial charge in [0, 0.05) is 5.54 Å². The van der Waals surface area contributed by atoms with E-state index in [2.05, 4.69) is 5.32 Å². The first-order valence-electron chi connectivity index (χ1n) is 3.76. The van der Waals surface area contributed by atoms with Crippen molar-refractivity contribution in [3.05, 3.63) is 0 Å². The van der Waals surface area contributed by atoms with Crippen LogP contribution < -0.4 is 5.32 Å². The van der Waals surface area contributed by atoms with Crippen LogP contribution in [-0.2, 0) is 4.79 Å². The topological polar surface area (TPSA) is 69.6 Å². The monoisotopic (exact) mass is 159 g/mol. The van der Waals surface area contributed by atoms with Gasteiger partial charge in [-0.2, -0.15) is 0 Å². The number of aliphatic hydroxyl groups is 1. The van der Waals surface area contributed by atoms with Crippen molar-refractivity contribution in [3.63, 3.8) is 0 Å². The summed E-state index contributed by atoms with van der Waals surface area (Å²) in [4.78, 5) is 10.2. The molecule has 0 aromatic heterocycles. The van der Waals surface area contributed by atoms with Gasteiger partial charge in [-0.25, -0.2) is 0 Å². The quantitative estimate of drug-likeness (QED) is 0.521. The van der Waals surface area contributed by atoms with Crippen LogP contribution in [0.3, 0.4) is 0 Å². The van der Waals surface area contributed by atoms with E-state index in [9.17, 15) is 4.79 Å². The third-order valence-corrected chi connectivity index (χ3v) is 2.23. The number of nitrogens with one attached hydrogen (secondary N) is 1. The SMILES string of the molecule is O=C(O)CNC1(CO)CCC1. The molecule has 0 aromatic carbocycles. The van der Waals surface area contributed by atoms with E-state index in [1.807, 2.05) is 0 Å². The highest BCUT2D eigenvalue weighted by atomic mass is 16.4. The van der Waals surface area contributed by atoms with Gasteiger partial charge in [-0.3, -0.25) is 10.1 Å². The molecular weight excluding hydrogens is 146 g/mol. The molecule has 4 heteroatoms. The Morgan fingerprint density at radius 3 is 2.45 bits per heavy atom. The Morgan fingerprint density at radius 2 is 2.18 bits per heavy atom. The van der Waals surface area contributed by atoms with E-state index in [0.717, 1.165) is 19.3 Å². The smallest absolute Gasteiger partial charge is 0.317 e. The van der Waals surface area contributed by atoms with Crippen LogP contribution in [0.25, 0.3) is 0 Å². The summed E-state index contributed by atoms with van der Waals surface area (Å²) in [6.07, 6.45) is 2.85. The summed E-state index contributed by atoms with van der Waals surface area (Å²) in [5.74, 6) is -0.871. The van der Waals surface area contributed by atoms with Gasteiger partial charge in [0.1, 0.15) is 0 Å². The van der Waals surface area contributed by atoms with Gasteiger partial charge in [0.25, 0.3) is 0 Å². The predicted octanol–water partition coefficient (Wildman–Crippen LogP) is -0.424. The molecule has 0 aliphatic heterocycles. The minimum Gasteiger partial charge on any atom is -0.480 e. The van der Waals surface area contributed by atoms with E-state index in [-0.39, 0.29) is 18.7 Å². The first kappa shape index (κ1) is 8.49. The Labute approximate surface area is 65.2 Å². The maximum absolute atomic E-state index is 10.2. The van der Waals surface area contributed by atoms with E-state index < -0.39 is 5.97 Å². The molecular formula is C7H13NO3. The number of hydrogen-bond donors (Lipinski definition) is 3. The van der Waals surface area contributed by atoms with Gasteiger partial charge >= 0.3 is 5.97 Å². The second kappa shape index (κ2) is 3.19. The van der Waals surface area contributed by atoms with E-state index in [1.165, 1.54) is 0 Å². The van der Waals surface area contributed by atoms with Crippen LogP contribution in [0.4, 0.5) is 0 Å². The van der Waals surface area contributed by atoms with Gasteiger partial charge in [0.15, 0.2) is 0 Å². The Hall–Kier alpha value is -0.610. The number of carbonyl (C=O) groups is 1. The summed E-state index contributed by atoms with van der Waals surface area (Å²) in [5.41, 5.74) is -0.279. The molecule has 0 radical (unpaired) electrons. The van der Waals surface area contributed by atoms with Crippen molar-refractivity contribution in [1.82, 2.24) is 5.32 Å². The van der Waals surface area contributed by atoms with Crippen LogP contribution in [0.5, 0.6) is 0 Å². The van der Waals surface area contributed by atoms with Gasteiger partial charge in [0.2, 0.25) is 0 Å². The van der Waals surface area contributed by atoms with E-state index >= 15 is 0 Å². The molecule has 0 bridgehead atoms. The van der Waals surface area contributed by atoms with Crippen LogP contribution >= 0.6 is 0 Å². The van der Waals surface area contributed by atoms with E-state index in [4.69, 9.17) is 10.2 Å². The largest absolute Gasteiger partial charge is 0.480 e. The summed E-state index contributed by atoms with van der Waals surface area (Å²) >= 11 is 0. The molecule has 0 heterocycles. The zero-order valence-electron chi connectivity index (χ0n) is 6.34. The first-order chi connectivity index (χ1) is 5.18. The minimum atomic E-state index is -0.871. The molecule has 0 amide bonds. The molecule has 0 unspecified atom stereocenters. The highest BCUT2D eigenvalue weighted by Gasteiger charge is 2.35. The summed E-state index contributed by atoms with van der Waals surface area (Å²) in [5, 5.41) is 20.1. The van der Waals surface area contributed by atoms with Crippen molar-refractivity contribution < 1.29 is 15.0 Å². The predicted molar refractivity (Wildman–Crippen MR) is 39.3 cm³/mol. The highest BCUT2D eigenvalue weighted by Crippen LogP contribution is 2.30. The van der Waals surface area contributed by atoms with Gasteiger partial charge < -0.3 is 10.2 Å².